The van der Waals surface area contributed by atoms with Crippen LogP contribution in [0.15, 0.2) is 30.3 Å². The molecular formula is C21H23NO5S. The van der Waals surface area contributed by atoms with Crippen molar-refractivity contribution in [3.8, 4) is 28.7 Å². The minimum absolute atomic E-state index is 0.0808. The van der Waals surface area contributed by atoms with Crippen LogP contribution in [0, 0.1) is 0 Å². The molecule has 0 radical (unpaired) electrons. The van der Waals surface area contributed by atoms with E-state index in [2.05, 4.69) is 4.90 Å². The van der Waals surface area contributed by atoms with Gasteiger partial charge in [0.1, 0.15) is 17.2 Å². The van der Waals surface area contributed by atoms with Crippen LogP contribution >= 0.6 is 12.6 Å². The number of benzene rings is 2. The number of fused-ring (bicyclic) bond motifs is 2. The molecule has 3 aliphatic heterocycles. The number of methoxy groups -OCH3 is 1. The molecule has 0 aliphatic carbocycles. The number of phenolic OH excluding ortho intramolecular Hbond substituents is 1. The molecule has 6 nitrogen and oxygen atoms in total. The van der Waals surface area contributed by atoms with Crippen LogP contribution in [0.4, 0.5) is 0 Å². The van der Waals surface area contributed by atoms with Crippen LogP contribution in [-0.2, 0) is 0 Å². The smallest absolute Gasteiger partial charge is 0.231 e. The van der Waals surface area contributed by atoms with Crippen LogP contribution in [0.25, 0.3) is 0 Å². The number of likely N-dealkylation sites (tertiary alicyclic amines) is 1. The first kappa shape index (κ1) is 17.8. The summed E-state index contributed by atoms with van der Waals surface area (Å²) in [6, 6.07) is 9.13. The zero-order chi connectivity index (χ0) is 19.3. The van der Waals surface area contributed by atoms with Gasteiger partial charge in [0.2, 0.25) is 6.79 Å². The molecule has 0 aromatic heterocycles. The predicted octanol–water partition coefficient (Wildman–Crippen LogP) is 3.37. The summed E-state index contributed by atoms with van der Waals surface area (Å²) in [4.78, 5) is 2.35. The minimum Gasteiger partial charge on any atom is -0.508 e. The highest BCUT2D eigenvalue weighted by Gasteiger charge is 2.43. The highest BCUT2D eigenvalue weighted by atomic mass is 32.1. The summed E-state index contributed by atoms with van der Waals surface area (Å²) < 4.78 is 23.2. The molecule has 3 atom stereocenters. The topological polar surface area (TPSA) is 60.4 Å². The Balaban J connectivity index is 1.65. The molecule has 1 fully saturated rings. The normalized spacial score (nSPS) is 26.0. The monoisotopic (exact) mass is 401 g/mol. The predicted molar refractivity (Wildman–Crippen MR) is 107 cm³/mol. The highest BCUT2D eigenvalue weighted by molar-refractivity contribution is 7.81. The second kappa shape index (κ2) is 6.97. The average molecular weight is 401 g/mol. The molecule has 3 unspecified atom stereocenters. The van der Waals surface area contributed by atoms with E-state index < -0.39 is 0 Å². The molecule has 0 amide bonds. The van der Waals surface area contributed by atoms with Gasteiger partial charge >= 0.3 is 0 Å². The van der Waals surface area contributed by atoms with Crippen LogP contribution < -0.4 is 18.9 Å². The first-order chi connectivity index (χ1) is 13.7. The summed E-state index contributed by atoms with van der Waals surface area (Å²) in [5, 5.41) is 9.80. The van der Waals surface area contributed by atoms with Crippen LogP contribution in [0.2, 0.25) is 0 Å². The van der Waals surface area contributed by atoms with Crippen molar-refractivity contribution >= 4 is 12.6 Å². The summed E-state index contributed by atoms with van der Waals surface area (Å²) in [6.45, 7) is 2.22. The van der Waals surface area contributed by atoms with E-state index in [0.717, 1.165) is 30.0 Å². The Morgan fingerprint density at radius 3 is 2.54 bits per heavy atom. The molecule has 2 aromatic carbocycles. The molecule has 1 N–H and O–H groups in total. The number of thiol groups is 1. The number of phenols is 1. The SMILES string of the molecule is COc1cc(O)ccc1C1c2cc3c(cc2OC(N2CCCC2)C1S)OCO3. The largest absolute Gasteiger partial charge is 0.508 e. The summed E-state index contributed by atoms with van der Waals surface area (Å²) >= 11 is 5.02. The van der Waals surface area contributed by atoms with E-state index in [1.165, 1.54) is 12.8 Å². The summed E-state index contributed by atoms with van der Waals surface area (Å²) in [5.41, 5.74) is 1.96. The van der Waals surface area contributed by atoms with Crippen LogP contribution in [-0.4, -0.2) is 48.5 Å². The van der Waals surface area contributed by atoms with Crippen molar-refractivity contribution in [2.24, 2.45) is 0 Å². The highest BCUT2D eigenvalue weighted by Crippen LogP contribution is 2.51. The lowest BCUT2D eigenvalue weighted by Gasteiger charge is -2.41. The van der Waals surface area contributed by atoms with E-state index in [1.54, 1.807) is 19.2 Å². The molecule has 7 heteroatoms. The lowest BCUT2D eigenvalue weighted by Crippen LogP contribution is -2.49. The third-order valence-electron chi connectivity index (χ3n) is 5.77. The van der Waals surface area contributed by atoms with E-state index in [-0.39, 0.29) is 29.9 Å². The van der Waals surface area contributed by atoms with Crippen LogP contribution in [0.5, 0.6) is 28.7 Å². The fourth-order valence-corrected chi connectivity index (χ4v) is 5.00. The second-order valence-corrected chi connectivity index (χ2v) is 7.99. The van der Waals surface area contributed by atoms with Gasteiger partial charge in [0, 0.05) is 42.3 Å². The van der Waals surface area contributed by atoms with E-state index in [4.69, 9.17) is 31.6 Å². The van der Waals surface area contributed by atoms with Crippen molar-refractivity contribution in [3.05, 3.63) is 41.5 Å². The number of hydrogen-bond acceptors (Lipinski definition) is 7. The molecule has 0 bridgehead atoms. The van der Waals surface area contributed by atoms with Gasteiger partial charge in [0.05, 0.1) is 12.4 Å². The van der Waals surface area contributed by atoms with Gasteiger partial charge in [0.15, 0.2) is 17.7 Å². The average Bonchev–Trinajstić information content (AvgIpc) is 3.38. The second-order valence-electron chi connectivity index (χ2n) is 7.39. The molecule has 28 heavy (non-hydrogen) atoms. The molecule has 2 aromatic rings. The third-order valence-corrected chi connectivity index (χ3v) is 6.33. The molecule has 148 valence electrons. The van der Waals surface area contributed by atoms with Crippen molar-refractivity contribution < 1.29 is 24.1 Å². The van der Waals surface area contributed by atoms with Gasteiger partial charge in [-0.2, -0.15) is 12.6 Å². The maximum Gasteiger partial charge on any atom is 0.231 e. The number of hydrogen-bond donors (Lipinski definition) is 2. The summed E-state index contributed by atoms with van der Waals surface area (Å²) in [7, 11) is 1.61. The van der Waals surface area contributed by atoms with Gasteiger partial charge in [-0.3, -0.25) is 4.90 Å². The molecule has 5 rings (SSSR count). The first-order valence-corrected chi connectivity index (χ1v) is 10.1. The maximum absolute atomic E-state index is 9.91. The fraction of sp³-hybridized carbons (Fsp3) is 0.429. The first-order valence-electron chi connectivity index (χ1n) is 9.55. The van der Waals surface area contributed by atoms with E-state index in [1.807, 2.05) is 18.2 Å². The Hall–Kier alpha value is -2.25. The van der Waals surface area contributed by atoms with Crippen LogP contribution in [0.1, 0.15) is 29.9 Å². The van der Waals surface area contributed by atoms with Crippen molar-refractivity contribution in [2.75, 3.05) is 27.0 Å². The van der Waals surface area contributed by atoms with Gasteiger partial charge < -0.3 is 24.1 Å². The lowest BCUT2D eigenvalue weighted by atomic mass is 9.84. The maximum atomic E-state index is 9.91. The molecule has 0 spiro atoms. The van der Waals surface area contributed by atoms with Gasteiger partial charge in [-0.25, -0.2) is 0 Å². The third kappa shape index (κ3) is 2.84. The Labute approximate surface area is 169 Å². The molecule has 1 saturated heterocycles. The Morgan fingerprint density at radius 2 is 1.79 bits per heavy atom. The quantitative estimate of drug-likeness (QED) is 0.769. The van der Waals surface area contributed by atoms with Crippen molar-refractivity contribution in [1.82, 2.24) is 4.90 Å². The number of aromatic hydroxyl groups is 1. The standard InChI is InChI=1S/C21H23NO5S/c1-24-15-8-12(23)4-5-13(15)19-14-9-17-18(26-11-25-17)10-16(14)27-21(20(19)28)22-6-2-3-7-22/h4-5,8-10,19-21,23,28H,2-3,6-7,11H2,1H3. The Bertz CT molecular complexity index is 899. The summed E-state index contributed by atoms with van der Waals surface area (Å²) in [5.74, 6) is 2.92. The van der Waals surface area contributed by atoms with Gasteiger partial charge in [-0.05, 0) is 25.0 Å². The number of ether oxygens (including phenoxy) is 4. The molecular weight excluding hydrogens is 378 g/mol. The zero-order valence-electron chi connectivity index (χ0n) is 15.6. The van der Waals surface area contributed by atoms with Crippen LogP contribution in [0.3, 0.4) is 0 Å². The molecule has 3 aliphatic rings. The van der Waals surface area contributed by atoms with Gasteiger partial charge in [-0.15, -0.1) is 0 Å². The van der Waals surface area contributed by atoms with Crippen molar-refractivity contribution in [1.29, 1.82) is 0 Å². The summed E-state index contributed by atoms with van der Waals surface area (Å²) in [6.07, 6.45) is 2.19. The fourth-order valence-electron chi connectivity index (χ4n) is 4.43. The van der Waals surface area contributed by atoms with Gasteiger partial charge in [0.25, 0.3) is 0 Å². The molecule has 0 saturated carbocycles. The number of rotatable bonds is 3. The van der Waals surface area contributed by atoms with Crippen molar-refractivity contribution in [3.63, 3.8) is 0 Å². The van der Waals surface area contributed by atoms with E-state index >= 15 is 0 Å². The van der Waals surface area contributed by atoms with Crippen molar-refractivity contribution in [2.45, 2.75) is 30.2 Å². The lowest BCUT2D eigenvalue weighted by molar-refractivity contribution is 0.0271. The van der Waals surface area contributed by atoms with E-state index in [9.17, 15) is 5.11 Å². The number of nitrogens with zero attached hydrogens (tertiary/aromatic N) is 1. The molecule has 3 heterocycles. The Morgan fingerprint density at radius 1 is 1.04 bits per heavy atom. The Kier molecular flexibility index (Phi) is 4.44. The van der Waals surface area contributed by atoms with E-state index in [0.29, 0.717) is 17.2 Å². The minimum atomic E-state index is -0.151. The zero-order valence-corrected chi connectivity index (χ0v) is 16.5. The van der Waals surface area contributed by atoms with Gasteiger partial charge in [-0.1, -0.05) is 6.07 Å².